The van der Waals surface area contributed by atoms with E-state index >= 15 is 0 Å². The summed E-state index contributed by atoms with van der Waals surface area (Å²) in [5.41, 5.74) is 1.17. The molecule has 1 aliphatic rings. The van der Waals surface area contributed by atoms with Crippen molar-refractivity contribution in [3.8, 4) is 0 Å². The van der Waals surface area contributed by atoms with E-state index in [9.17, 15) is 0 Å². The standard InChI is InChI=1S/C12H17BrN2/c1-2-11-6-4-8-15(11)9-10-5-3-7-12(13)14-10/h3,5,7,11H,2,4,6,8-9H2,1H3. The van der Waals surface area contributed by atoms with Crippen molar-refractivity contribution in [1.29, 1.82) is 0 Å². The zero-order chi connectivity index (χ0) is 10.7. The number of hydrogen-bond acceptors (Lipinski definition) is 2. The fourth-order valence-corrected chi connectivity index (χ4v) is 2.69. The second kappa shape index (κ2) is 5.08. The van der Waals surface area contributed by atoms with Gasteiger partial charge in [-0.2, -0.15) is 0 Å². The molecule has 2 heterocycles. The predicted octanol–water partition coefficient (Wildman–Crippen LogP) is 3.22. The Morgan fingerprint density at radius 2 is 2.40 bits per heavy atom. The van der Waals surface area contributed by atoms with Gasteiger partial charge < -0.3 is 0 Å². The molecule has 2 nitrogen and oxygen atoms in total. The summed E-state index contributed by atoms with van der Waals surface area (Å²) in [6, 6.07) is 6.91. The van der Waals surface area contributed by atoms with Gasteiger partial charge in [0.25, 0.3) is 0 Å². The predicted molar refractivity (Wildman–Crippen MR) is 65.7 cm³/mol. The lowest BCUT2D eigenvalue weighted by Gasteiger charge is -2.22. The Balaban J connectivity index is 2.02. The summed E-state index contributed by atoms with van der Waals surface area (Å²) in [5, 5.41) is 0. The quantitative estimate of drug-likeness (QED) is 0.783. The van der Waals surface area contributed by atoms with Gasteiger partial charge in [-0.1, -0.05) is 13.0 Å². The van der Waals surface area contributed by atoms with Gasteiger partial charge in [0.1, 0.15) is 4.60 Å². The molecule has 15 heavy (non-hydrogen) atoms. The smallest absolute Gasteiger partial charge is 0.106 e. The molecule has 1 atom stereocenters. The first kappa shape index (κ1) is 11.1. The number of hydrogen-bond donors (Lipinski definition) is 0. The molecule has 0 amide bonds. The molecule has 0 spiro atoms. The van der Waals surface area contributed by atoms with Crippen molar-refractivity contribution in [2.24, 2.45) is 0 Å². The SMILES string of the molecule is CCC1CCCN1Cc1cccc(Br)n1. The molecule has 0 bridgehead atoms. The van der Waals surface area contributed by atoms with E-state index in [1.54, 1.807) is 0 Å². The van der Waals surface area contributed by atoms with Gasteiger partial charge >= 0.3 is 0 Å². The van der Waals surface area contributed by atoms with Crippen LogP contribution >= 0.6 is 15.9 Å². The molecule has 2 rings (SSSR count). The zero-order valence-corrected chi connectivity index (χ0v) is 10.7. The average Bonchev–Trinajstić information content (AvgIpc) is 2.65. The Labute approximate surface area is 99.8 Å². The average molecular weight is 269 g/mol. The van der Waals surface area contributed by atoms with Crippen LogP contribution in [-0.2, 0) is 6.54 Å². The Morgan fingerprint density at radius 3 is 3.13 bits per heavy atom. The van der Waals surface area contributed by atoms with Gasteiger partial charge in [0.15, 0.2) is 0 Å². The van der Waals surface area contributed by atoms with Crippen LogP contribution in [0.3, 0.4) is 0 Å². The Bertz CT molecular complexity index is 327. The third-order valence-corrected chi connectivity index (χ3v) is 3.55. The minimum atomic E-state index is 0.769. The summed E-state index contributed by atoms with van der Waals surface area (Å²) in [6.07, 6.45) is 3.95. The molecule has 3 heteroatoms. The molecule has 0 N–H and O–H groups in total. The van der Waals surface area contributed by atoms with Crippen molar-refractivity contribution in [3.05, 3.63) is 28.5 Å². The molecule has 1 unspecified atom stereocenters. The van der Waals surface area contributed by atoms with E-state index in [-0.39, 0.29) is 0 Å². The molecule has 1 aromatic rings. The first-order valence-electron chi connectivity index (χ1n) is 5.65. The highest BCUT2D eigenvalue weighted by Gasteiger charge is 2.22. The molecule has 0 radical (unpaired) electrons. The third-order valence-electron chi connectivity index (χ3n) is 3.11. The van der Waals surface area contributed by atoms with Gasteiger partial charge in [0.05, 0.1) is 5.69 Å². The van der Waals surface area contributed by atoms with Crippen LogP contribution in [0.25, 0.3) is 0 Å². The molecule has 0 saturated carbocycles. The van der Waals surface area contributed by atoms with Crippen LogP contribution in [0.5, 0.6) is 0 Å². The maximum absolute atomic E-state index is 4.48. The maximum atomic E-state index is 4.48. The Morgan fingerprint density at radius 1 is 1.53 bits per heavy atom. The summed E-state index contributed by atoms with van der Waals surface area (Å²) >= 11 is 3.41. The highest BCUT2D eigenvalue weighted by Crippen LogP contribution is 2.21. The molecule has 0 aromatic carbocycles. The first-order chi connectivity index (χ1) is 7.29. The van der Waals surface area contributed by atoms with Crippen molar-refractivity contribution < 1.29 is 0 Å². The molecule has 1 aromatic heterocycles. The molecule has 1 saturated heterocycles. The number of rotatable bonds is 3. The lowest BCUT2D eigenvalue weighted by molar-refractivity contribution is 0.237. The van der Waals surface area contributed by atoms with Crippen molar-refractivity contribution in [2.75, 3.05) is 6.54 Å². The summed E-state index contributed by atoms with van der Waals surface area (Å²) in [5.74, 6) is 0. The normalized spacial score (nSPS) is 22.1. The van der Waals surface area contributed by atoms with Crippen LogP contribution < -0.4 is 0 Å². The molecule has 82 valence electrons. The Kier molecular flexibility index (Phi) is 3.76. The molecule has 0 aliphatic carbocycles. The zero-order valence-electron chi connectivity index (χ0n) is 9.12. The van der Waals surface area contributed by atoms with E-state index in [1.807, 2.05) is 6.07 Å². The van der Waals surface area contributed by atoms with Gasteiger partial charge in [0.2, 0.25) is 0 Å². The molecular formula is C12H17BrN2. The van der Waals surface area contributed by atoms with E-state index < -0.39 is 0 Å². The number of pyridine rings is 1. The van der Waals surface area contributed by atoms with Crippen LogP contribution in [0.4, 0.5) is 0 Å². The van der Waals surface area contributed by atoms with Crippen LogP contribution in [0, 0.1) is 0 Å². The highest BCUT2D eigenvalue weighted by molar-refractivity contribution is 9.10. The largest absolute Gasteiger partial charge is 0.295 e. The van der Waals surface area contributed by atoms with Crippen molar-refractivity contribution in [1.82, 2.24) is 9.88 Å². The highest BCUT2D eigenvalue weighted by atomic mass is 79.9. The minimum absolute atomic E-state index is 0.769. The lowest BCUT2D eigenvalue weighted by atomic mass is 10.1. The van der Waals surface area contributed by atoms with Crippen LogP contribution in [0.2, 0.25) is 0 Å². The second-order valence-corrected chi connectivity index (χ2v) is 4.94. The van der Waals surface area contributed by atoms with E-state index in [2.05, 4.69) is 44.9 Å². The summed E-state index contributed by atoms with van der Waals surface area (Å²) in [6.45, 7) is 4.50. The number of aromatic nitrogens is 1. The van der Waals surface area contributed by atoms with Crippen molar-refractivity contribution in [3.63, 3.8) is 0 Å². The van der Waals surface area contributed by atoms with Crippen LogP contribution in [-0.4, -0.2) is 22.5 Å². The van der Waals surface area contributed by atoms with E-state index in [0.29, 0.717) is 0 Å². The third kappa shape index (κ3) is 2.79. The number of likely N-dealkylation sites (tertiary alicyclic amines) is 1. The molecule has 1 fully saturated rings. The summed E-state index contributed by atoms with van der Waals surface area (Å²) in [7, 11) is 0. The molecule has 1 aliphatic heterocycles. The van der Waals surface area contributed by atoms with Gasteiger partial charge in [-0.05, 0) is 53.9 Å². The van der Waals surface area contributed by atoms with Crippen LogP contribution in [0.1, 0.15) is 31.9 Å². The second-order valence-electron chi connectivity index (χ2n) is 4.13. The first-order valence-corrected chi connectivity index (χ1v) is 6.44. The Hall–Kier alpha value is -0.410. The minimum Gasteiger partial charge on any atom is -0.295 e. The summed E-state index contributed by atoms with van der Waals surface area (Å²) in [4.78, 5) is 7.03. The van der Waals surface area contributed by atoms with Crippen molar-refractivity contribution in [2.45, 2.75) is 38.8 Å². The molecular weight excluding hydrogens is 252 g/mol. The summed E-state index contributed by atoms with van der Waals surface area (Å²) < 4.78 is 0.937. The van der Waals surface area contributed by atoms with Crippen molar-refractivity contribution >= 4 is 15.9 Å². The number of halogens is 1. The monoisotopic (exact) mass is 268 g/mol. The van der Waals surface area contributed by atoms with E-state index in [1.165, 1.54) is 31.5 Å². The fourth-order valence-electron chi connectivity index (χ4n) is 2.31. The van der Waals surface area contributed by atoms with Gasteiger partial charge in [-0.25, -0.2) is 4.98 Å². The van der Waals surface area contributed by atoms with Gasteiger partial charge in [-0.15, -0.1) is 0 Å². The maximum Gasteiger partial charge on any atom is 0.106 e. The van der Waals surface area contributed by atoms with Gasteiger partial charge in [0, 0.05) is 12.6 Å². The topological polar surface area (TPSA) is 16.1 Å². The number of nitrogens with zero attached hydrogens (tertiary/aromatic N) is 2. The van der Waals surface area contributed by atoms with E-state index in [0.717, 1.165) is 17.2 Å². The lowest BCUT2D eigenvalue weighted by Crippen LogP contribution is -2.28. The fraction of sp³-hybridized carbons (Fsp3) is 0.583. The van der Waals surface area contributed by atoms with Gasteiger partial charge in [-0.3, -0.25) is 4.90 Å². The van der Waals surface area contributed by atoms with Crippen LogP contribution in [0.15, 0.2) is 22.8 Å². The van der Waals surface area contributed by atoms with E-state index in [4.69, 9.17) is 0 Å².